The lowest BCUT2D eigenvalue weighted by atomic mass is 10.5. The summed E-state index contributed by atoms with van der Waals surface area (Å²) in [4.78, 5) is 4.05. The third-order valence-electron chi connectivity index (χ3n) is 1.40. The molecule has 0 amide bonds. The van der Waals surface area contributed by atoms with Gasteiger partial charge in [0.05, 0.1) is 13.3 Å². The van der Waals surface area contributed by atoms with Crippen LogP contribution in [0.1, 0.15) is 13.3 Å². The molecule has 1 heterocycles. The quantitative estimate of drug-likeness (QED) is 0.777. The van der Waals surface area contributed by atoms with E-state index >= 15 is 0 Å². The summed E-state index contributed by atoms with van der Waals surface area (Å²) < 4.78 is 8.00. The standard InChI is InChI=1S/C7H11BrN2O/c1-3-4-10-6(8)5-9-7(10)11-2/h5H,3-4H2,1-2H3. The fourth-order valence-electron chi connectivity index (χ4n) is 0.928. The molecular formula is C7H11BrN2O. The second-order valence-electron chi connectivity index (χ2n) is 2.22. The topological polar surface area (TPSA) is 27.1 Å². The van der Waals surface area contributed by atoms with Crippen LogP contribution in [0.3, 0.4) is 0 Å². The lowest BCUT2D eigenvalue weighted by molar-refractivity contribution is 0.354. The van der Waals surface area contributed by atoms with Crippen molar-refractivity contribution in [2.24, 2.45) is 0 Å². The van der Waals surface area contributed by atoms with E-state index in [0.717, 1.165) is 17.6 Å². The zero-order valence-corrected chi connectivity index (χ0v) is 8.26. The zero-order chi connectivity index (χ0) is 8.27. The molecule has 1 aromatic rings. The van der Waals surface area contributed by atoms with Crippen LogP contribution in [0.25, 0.3) is 0 Å². The Bertz CT molecular complexity index is 234. The molecule has 0 aliphatic rings. The summed E-state index contributed by atoms with van der Waals surface area (Å²) in [7, 11) is 1.63. The van der Waals surface area contributed by atoms with E-state index in [-0.39, 0.29) is 0 Å². The Labute approximate surface area is 74.5 Å². The van der Waals surface area contributed by atoms with Crippen molar-refractivity contribution in [3.63, 3.8) is 0 Å². The van der Waals surface area contributed by atoms with Crippen LogP contribution >= 0.6 is 15.9 Å². The molecule has 11 heavy (non-hydrogen) atoms. The molecule has 62 valence electrons. The summed E-state index contributed by atoms with van der Waals surface area (Å²) in [6.45, 7) is 3.05. The molecule has 0 aromatic carbocycles. The molecule has 0 saturated heterocycles. The molecule has 4 heteroatoms. The number of halogens is 1. The van der Waals surface area contributed by atoms with Crippen LogP contribution in [-0.2, 0) is 6.54 Å². The first-order valence-corrected chi connectivity index (χ1v) is 4.34. The smallest absolute Gasteiger partial charge is 0.296 e. The van der Waals surface area contributed by atoms with Gasteiger partial charge in [0.2, 0.25) is 0 Å². The van der Waals surface area contributed by atoms with Gasteiger partial charge in [-0.1, -0.05) is 6.92 Å². The molecule has 0 unspecified atom stereocenters. The van der Waals surface area contributed by atoms with E-state index in [1.165, 1.54) is 0 Å². The highest BCUT2D eigenvalue weighted by Gasteiger charge is 2.05. The number of methoxy groups -OCH3 is 1. The van der Waals surface area contributed by atoms with Crippen LogP contribution < -0.4 is 4.74 Å². The van der Waals surface area contributed by atoms with Gasteiger partial charge >= 0.3 is 0 Å². The van der Waals surface area contributed by atoms with E-state index < -0.39 is 0 Å². The number of aromatic nitrogens is 2. The Balaban J connectivity index is 2.88. The maximum atomic E-state index is 5.04. The third kappa shape index (κ3) is 1.74. The fourth-order valence-corrected chi connectivity index (χ4v) is 1.36. The van der Waals surface area contributed by atoms with Crippen molar-refractivity contribution in [1.82, 2.24) is 9.55 Å². The maximum absolute atomic E-state index is 5.04. The van der Waals surface area contributed by atoms with Crippen LogP contribution in [0.5, 0.6) is 6.01 Å². The van der Waals surface area contributed by atoms with Crippen molar-refractivity contribution < 1.29 is 4.74 Å². The van der Waals surface area contributed by atoms with Crippen molar-refractivity contribution in [2.45, 2.75) is 19.9 Å². The van der Waals surface area contributed by atoms with Gasteiger partial charge < -0.3 is 4.74 Å². The highest BCUT2D eigenvalue weighted by molar-refractivity contribution is 9.10. The molecule has 0 radical (unpaired) electrons. The molecule has 0 saturated carbocycles. The van der Waals surface area contributed by atoms with E-state index in [4.69, 9.17) is 4.74 Å². The minimum atomic E-state index is 0.665. The highest BCUT2D eigenvalue weighted by atomic mass is 79.9. The monoisotopic (exact) mass is 218 g/mol. The number of imidazole rings is 1. The average molecular weight is 219 g/mol. The van der Waals surface area contributed by atoms with E-state index in [1.54, 1.807) is 13.3 Å². The maximum Gasteiger partial charge on any atom is 0.296 e. The minimum absolute atomic E-state index is 0.665. The normalized spacial score (nSPS) is 10.1. The van der Waals surface area contributed by atoms with Gasteiger partial charge in [0.25, 0.3) is 6.01 Å². The Kier molecular flexibility index (Phi) is 2.93. The van der Waals surface area contributed by atoms with Gasteiger partial charge in [-0.3, -0.25) is 4.57 Å². The van der Waals surface area contributed by atoms with Crippen LogP contribution in [-0.4, -0.2) is 16.7 Å². The Morgan fingerprint density at radius 3 is 3.00 bits per heavy atom. The lowest BCUT2D eigenvalue weighted by Gasteiger charge is -2.04. The first-order chi connectivity index (χ1) is 5.29. The molecule has 0 aliphatic heterocycles. The molecule has 1 rings (SSSR count). The molecular weight excluding hydrogens is 208 g/mol. The predicted molar refractivity (Wildman–Crippen MR) is 46.8 cm³/mol. The summed E-state index contributed by atoms with van der Waals surface area (Å²) in [5.74, 6) is 0. The van der Waals surface area contributed by atoms with Gasteiger partial charge in [-0.05, 0) is 22.4 Å². The van der Waals surface area contributed by atoms with Crippen LogP contribution in [0.2, 0.25) is 0 Å². The molecule has 0 atom stereocenters. The lowest BCUT2D eigenvalue weighted by Crippen LogP contribution is -2.00. The van der Waals surface area contributed by atoms with Crippen molar-refractivity contribution in [1.29, 1.82) is 0 Å². The molecule has 0 fully saturated rings. The summed E-state index contributed by atoms with van der Waals surface area (Å²) in [5, 5.41) is 0. The molecule has 0 bridgehead atoms. The Morgan fingerprint density at radius 2 is 2.45 bits per heavy atom. The van der Waals surface area contributed by atoms with Gasteiger partial charge in [0.15, 0.2) is 0 Å². The number of rotatable bonds is 3. The molecule has 0 spiro atoms. The number of ether oxygens (including phenoxy) is 1. The van der Waals surface area contributed by atoms with Crippen LogP contribution in [0.4, 0.5) is 0 Å². The third-order valence-corrected chi connectivity index (χ3v) is 2.03. The molecule has 0 aliphatic carbocycles. The van der Waals surface area contributed by atoms with E-state index in [0.29, 0.717) is 6.01 Å². The predicted octanol–water partition coefficient (Wildman–Crippen LogP) is 2.06. The first-order valence-electron chi connectivity index (χ1n) is 3.54. The van der Waals surface area contributed by atoms with Crippen molar-refractivity contribution in [2.75, 3.05) is 7.11 Å². The SMILES string of the molecule is CCCn1c(Br)cnc1OC. The molecule has 3 nitrogen and oxygen atoms in total. The average Bonchev–Trinajstić information content (AvgIpc) is 2.34. The van der Waals surface area contributed by atoms with Crippen LogP contribution in [0, 0.1) is 0 Å². The highest BCUT2D eigenvalue weighted by Crippen LogP contribution is 2.17. The summed E-state index contributed by atoms with van der Waals surface area (Å²) in [5.41, 5.74) is 0. The number of nitrogens with zero attached hydrogens (tertiary/aromatic N) is 2. The Hall–Kier alpha value is -0.510. The van der Waals surface area contributed by atoms with E-state index in [2.05, 4.69) is 27.8 Å². The first kappa shape index (κ1) is 8.59. The van der Waals surface area contributed by atoms with Crippen LogP contribution in [0.15, 0.2) is 10.8 Å². The molecule has 1 aromatic heterocycles. The summed E-state index contributed by atoms with van der Waals surface area (Å²) >= 11 is 3.38. The minimum Gasteiger partial charge on any atom is -0.468 e. The number of hydrogen-bond donors (Lipinski definition) is 0. The summed E-state index contributed by atoms with van der Waals surface area (Å²) in [6, 6.07) is 0.665. The second-order valence-corrected chi connectivity index (χ2v) is 3.03. The fraction of sp³-hybridized carbons (Fsp3) is 0.571. The van der Waals surface area contributed by atoms with Crippen molar-refractivity contribution >= 4 is 15.9 Å². The van der Waals surface area contributed by atoms with E-state index in [1.807, 2.05) is 4.57 Å². The van der Waals surface area contributed by atoms with Gasteiger partial charge in [-0.2, -0.15) is 0 Å². The van der Waals surface area contributed by atoms with Gasteiger partial charge in [0, 0.05) is 6.54 Å². The van der Waals surface area contributed by atoms with E-state index in [9.17, 15) is 0 Å². The summed E-state index contributed by atoms with van der Waals surface area (Å²) in [6.07, 6.45) is 2.82. The Morgan fingerprint density at radius 1 is 1.73 bits per heavy atom. The van der Waals surface area contributed by atoms with Crippen molar-refractivity contribution in [3.05, 3.63) is 10.8 Å². The molecule has 0 N–H and O–H groups in total. The zero-order valence-electron chi connectivity index (χ0n) is 6.67. The van der Waals surface area contributed by atoms with Gasteiger partial charge in [0.1, 0.15) is 4.60 Å². The van der Waals surface area contributed by atoms with Crippen molar-refractivity contribution in [3.8, 4) is 6.01 Å². The van der Waals surface area contributed by atoms with Gasteiger partial charge in [-0.15, -0.1) is 0 Å². The second kappa shape index (κ2) is 3.76. The van der Waals surface area contributed by atoms with Gasteiger partial charge in [-0.25, -0.2) is 4.98 Å². The largest absolute Gasteiger partial charge is 0.468 e. The number of hydrogen-bond acceptors (Lipinski definition) is 2.